The fraction of sp³-hybridized carbons (Fsp3) is 0.381. The minimum atomic E-state index is -4.85. The second-order valence-electron chi connectivity index (χ2n) is 8.82. The van der Waals surface area contributed by atoms with Crippen molar-refractivity contribution in [3.05, 3.63) is 45.7 Å². The number of hydrogen-bond donors (Lipinski definition) is 3. The number of alkyl halides is 5. The maximum Gasteiger partial charge on any atom is 0.404 e. The number of urea groups is 1. The molecule has 3 aromatic heterocycles. The Balaban J connectivity index is 1.69. The van der Waals surface area contributed by atoms with Crippen LogP contribution in [0, 0.1) is 0 Å². The molecule has 0 aromatic carbocycles. The van der Waals surface area contributed by atoms with E-state index in [1.54, 1.807) is 0 Å². The zero-order chi connectivity index (χ0) is 28.9. The number of rotatable bonds is 6. The molecule has 0 radical (unpaired) electrons. The van der Waals surface area contributed by atoms with Gasteiger partial charge >= 0.3 is 24.9 Å². The molecule has 0 fully saturated rings. The van der Waals surface area contributed by atoms with Crippen molar-refractivity contribution in [1.29, 1.82) is 0 Å². The van der Waals surface area contributed by atoms with E-state index in [-0.39, 0.29) is 21.1 Å². The standard InChI is InChI=1S/C21H19ClF5N7O5/c1-9(29-19(37)38)7-39-12-3-10(6-32(16(12)35)17(23)24)30-18(36)33-8-20(2,21(25,26)27)15-11(33)5-28-14-4-13(22)31-34(14)15/h3-6,9,17,29H,7-8H2,1-2H3,(H,30,36)(H,37,38)/t9?,20-/m1/s1. The Labute approximate surface area is 219 Å². The first-order valence-electron chi connectivity index (χ1n) is 11.0. The highest BCUT2D eigenvalue weighted by Crippen LogP contribution is 2.50. The van der Waals surface area contributed by atoms with Gasteiger partial charge in [-0.1, -0.05) is 11.6 Å². The Morgan fingerprint density at radius 3 is 2.62 bits per heavy atom. The summed E-state index contributed by atoms with van der Waals surface area (Å²) in [4.78, 5) is 41.0. The van der Waals surface area contributed by atoms with Crippen molar-refractivity contribution in [2.24, 2.45) is 0 Å². The lowest BCUT2D eigenvalue weighted by Crippen LogP contribution is -2.46. The maximum atomic E-state index is 14.3. The van der Waals surface area contributed by atoms with E-state index in [4.69, 9.17) is 21.4 Å². The van der Waals surface area contributed by atoms with Gasteiger partial charge in [-0.3, -0.25) is 14.3 Å². The van der Waals surface area contributed by atoms with Gasteiger partial charge in [0.05, 0.1) is 29.3 Å². The summed E-state index contributed by atoms with van der Waals surface area (Å²) in [6.07, 6.45) is -4.62. The van der Waals surface area contributed by atoms with Gasteiger partial charge in [-0.2, -0.15) is 27.1 Å². The fourth-order valence-electron chi connectivity index (χ4n) is 4.04. The summed E-state index contributed by atoms with van der Waals surface area (Å²) in [5.74, 6) is -0.663. The highest BCUT2D eigenvalue weighted by molar-refractivity contribution is 6.29. The molecule has 2 atom stereocenters. The van der Waals surface area contributed by atoms with Gasteiger partial charge in [0.15, 0.2) is 16.5 Å². The monoisotopic (exact) mass is 579 g/mol. The number of aromatic nitrogens is 4. The van der Waals surface area contributed by atoms with Gasteiger partial charge < -0.3 is 20.5 Å². The largest absolute Gasteiger partial charge is 0.486 e. The first-order valence-corrected chi connectivity index (χ1v) is 11.4. The van der Waals surface area contributed by atoms with Gasteiger partial charge in [0.2, 0.25) is 0 Å². The SMILES string of the molecule is CC(COc1cc(NC(=O)N2C[C@@](C)(C(F)(F)F)c3c2cnc2cc(Cl)nn32)cn(C(F)F)c1=O)NC(=O)O. The van der Waals surface area contributed by atoms with Crippen LogP contribution < -0.4 is 25.8 Å². The number of carbonyl (C=O) groups is 2. The van der Waals surface area contributed by atoms with Crippen LogP contribution in [-0.2, 0) is 5.41 Å². The summed E-state index contributed by atoms with van der Waals surface area (Å²) in [6, 6.07) is 0.126. The second-order valence-corrected chi connectivity index (χ2v) is 9.21. The van der Waals surface area contributed by atoms with Crippen molar-refractivity contribution in [1.82, 2.24) is 24.5 Å². The highest BCUT2D eigenvalue weighted by Gasteiger charge is 2.60. The number of carbonyl (C=O) groups excluding carboxylic acids is 1. The topological polar surface area (TPSA) is 143 Å². The molecule has 210 valence electrons. The van der Waals surface area contributed by atoms with E-state index < -0.39 is 72.1 Å². The van der Waals surface area contributed by atoms with Crippen molar-refractivity contribution in [3.63, 3.8) is 0 Å². The number of fused-ring (bicyclic) bond motifs is 3. The van der Waals surface area contributed by atoms with Crippen molar-refractivity contribution >= 4 is 40.7 Å². The third-order valence-electron chi connectivity index (χ3n) is 5.92. The number of amides is 3. The molecular formula is C21H19ClF5N7O5. The molecule has 18 heteroatoms. The lowest BCUT2D eigenvalue weighted by molar-refractivity contribution is -0.181. The first kappa shape index (κ1) is 27.9. The fourth-order valence-corrected chi connectivity index (χ4v) is 4.22. The summed E-state index contributed by atoms with van der Waals surface area (Å²) in [5.41, 5.74) is -4.97. The Hall–Kier alpha value is -4.15. The van der Waals surface area contributed by atoms with Gasteiger partial charge in [-0.25, -0.2) is 19.1 Å². The highest BCUT2D eigenvalue weighted by atomic mass is 35.5. The Morgan fingerprint density at radius 1 is 1.31 bits per heavy atom. The smallest absolute Gasteiger partial charge is 0.404 e. The molecule has 1 unspecified atom stereocenters. The Bertz CT molecular complexity index is 1510. The molecule has 4 rings (SSSR count). The predicted octanol–water partition coefficient (Wildman–Crippen LogP) is 3.85. The van der Waals surface area contributed by atoms with E-state index in [1.807, 2.05) is 5.32 Å². The molecule has 0 bridgehead atoms. The van der Waals surface area contributed by atoms with Gasteiger partial charge in [-0.15, -0.1) is 0 Å². The maximum absolute atomic E-state index is 14.3. The number of nitrogens with zero attached hydrogens (tertiary/aromatic N) is 5. The molecule has 39 heavy (non-hydrogen) atoms. The number of pyridine rings is 1. The number of ether oxygens (including phenoxy) is 1. The number of carboxylic acid groups (broad SMARTS) is 1. The minimum absolute atomic E-state index is 0.00824. The molecule has 0 aliphatic carbocycles. The van der Waals surface area contributed by atoms with Gasteiger partial charge in [0.25, 0.3) is 5.56 Å². The van der Waals surface area contributed by atoms with E-state index in [1.165, 1.54) is 13.0 Å². The first-order chi connectivity index (χ1) is 18.1. The quantitative estimate of drug-likeness (QED) is 0.376. The van der Waals surface area contributed by atoms with E-state index in [9.17, 15) is 36.3 Å². The average Bonchev–Trinajstić information content (AvgIpc) is 3.35. The molecule has 4 heterocycles. The molecule has 3 aromatic rings. The van der Waals surface area contributed by atoms with E-state index in [0.717, 1.165) is 23.7 Å². The van der Waals surface area contributed by atoms with Crippen molar-refractivity contribution in [2.45, 2.75) is 38.0 Å². The molecule has 3 N–H and O–H groups in total. The summed E-state index contributed by atoms with van der Waals surface area (Å²) >= 11 is 5.86. The van der Waals surface area contributed by atoms with Crippen molar-refractivity contribution in [2.75, 3.05) is 23.4 Å². The number of hydrogen-bond acceptors (Lipinski definition) is 6. The average molecular weight is 580 g/mol. The normalized spacial score (nSPS) is 17.8. The molecule has 0 saturated carbocycles. The summed E-state index contributed by atoms with van der Waals surface area (Å²) < 4.78 is 75.8. The van der Waals surface area contributed by atoms with Crippen LogP contribution in [0.25, 0.3) is 5.65 Å². The summed E-state index contributed by atoms with van der Waals surface area (Å²) in [6.45, 7) is -2.46. The van der Waals surface area contributed by atoms with Crippen molar-refractivity contribution < 1.29 is 41.4 Å². The zero-order valence-corrected chi connectivity index (χ0v) is 20.7. The van der Waals surface area contributed by atoms with Crippen LogP contribution in [-0.4, -0.2) is 61.8 Å². The molecule has 0 saturated heterocycles. The molecule has 0 spiro atoms. The van der Waals surface area contributed by atoms with Crippen molar-refractivity contribution in [3.8, 4) is 5.75 Å². The number of nitrogens with one attached hydrogen (secondary N) is 2. The summed E-state index contributed by atoms with van der Waals surface area (Å²) in [5, 5.41) is 16.7. The molecular weight excluding hydrogens is 561 g/mol. The third kappa shape index (κ3) is 5.13. The predicted molar refractivity (Wildman–Crippen MR) is 126 cm³/mol. The zero-order valence-electron chi connectivity index (χ0n) is 20.0. The van der Waals surface area contributed by atoms with Crippen LogP contribution in [0.1, 0.15) is 26.1 Å². The van der Waals surface area contributed by atoms with E-state index >= 15 is 0 Å². The van der Waals surface area contributed by atoms with Crippen LogP contribution in [0.3, 0.4) is 0 Å². The van der Waals surface area contributed by atoms with Gasteiger partial charge in [-0.05, 0) is 13.8 Å². The van der Waals surface area contributed by atoms with Crippen LogP contribution in [0.4, 0.5) is 42.9 Å². The molecule has 1 aliphatic heterocycles. The van der Waals surface area contributed by atoms with Crippen LogP contribution >= 0.6 is 11.6 Å². The Morgan fingerprint density at radius 2 is 2.00 bits per heavy atom. The Kier molecular flexibility index (Phi) is 7.05. The van der Waals surface area contributed by atoms with Crippen LogP contribution in [0.15, 0.2) is 29.3 Å². The second kappa shape index (κ2) is 9.87. The minimum Gasteiger partial charge on any atom is -0.486 e. The molecule has 12 nitrogen and oxygen atoms in total. The van der Waals surface area contributed by atoms with Crippen LogP contribution in [0.2, 0.25) is 5.15 Å². The van der Waals surface area contributed by atoms with E-state index in [2.05, 4.69) is 15.4 Å². The lowest BCUT2D eigenvalue weighted by atomic mass is 9.88. The van der Waals surface area contributed by atoms with Gasteiger partial charge in [0, 0.05) is 24.9 Å². The number of halogens is 6. The van der Waals surface area contributed by atoms with Crippen LogP contribution in [0.5, 0.6) is 5.75 Å². The van der Waals surface area contributed by atoms with E-state index in [0.29, 0.717) is 11.1 Å². The number of anilines is 2. The molecule has 1 aliphatic rings. The van der Waals surface area contributed by atoms with Gasteiger partial charge in [0.1, 0.15) is 12.0 Å². The lowest BCUT2D eigenvalue weighted by Gasteiger charge is -2.28. The third-order valence-corrected chi connectivity index (χ3v) is 6.11. The molecule has 3 amide bonds. The summed E-state index contributed by atoms with van der Waals surface area (Å²) in [7, 11) is 0.